The van der Waals surface area contributed by atoms with E-state index in [1.807, 2.05) is 19.1 Å². The van der Waals surface area contributed by atoms with Gasteiger partial charge in [0.05, 0.1) is 4.90 Å². The molecule has 0 unspecified atom stereocenters. The molecule has 0 aromatic heterocycles. The van der Waals surface area contributed by atoms with Gasteiger partial charge < -0.3 is 5.32 Å². The van der Waals surface area contributed by atoms with E-state index in [-0.39, 0.29) is 0 Å². The van der Waals surface area contributed by atoms with Gasteiger partial charge in [0.2, 0.25) is 10.0 Å². The molecule has 1 aliphatic carbocycles. The lowest BCUT2D eigenvalue weighted by Crippen LogP contribution is -2.31. The van der Waals surface area contributed by atoms with E-state index in [0.717, 1.165) is 24.9 Å². The van der Waals surface area contributed by atoms with Gasteiger partial charge in [-0.2, -0.15) is 0 Å². The molecule has 0 saturated heterocycles. The lowest BCUT2D eigenvalue weighted by Gasteiger charge is -2.22. The molecule has 1 saturated carbocycles. The van der Waals surface area contributed by atoms with E-state index in [4.69, 9.17) is 0 Å². The number of nitrogens with one attached hydrogen (secondary N) is 2. The van der Waals surface area contributed by atoms with Crippen LogP contribution < -0.4 is 10.0 Å². The molecule has 1 fully saturated rings. The fourth-order valence-corrected chi connectivity index (χ4v) is 4.22. The Kier molecular flexibility index (Phi) is 6.21. The van der Waals surface area contributed by atoms with Crippen LogP contribution in [0.1, 0.15) is 44.6 Å². The van der Waals surface area contributed by atoms with Crippen LogP contribution in [0.4, 0.5) is 0 Å². The average molecular weight is 310 g/mol. The highest BCUT2D eigenvalue weighted by Gasteiger charge is 2.20. The second kappa shape index (κ2) is 7.92. The van der Waals surface area contributed by atoms with E-state index in [1.54, 1.807) is 12.1 Å². The Labute approximate surface area is 128 Å². The van der Waals surface area contributed by atoms with Crippen molar-refractivity contribution >= 4 is 10.0 Å². The first-order valence-corrected chi connectivity index (χ1v) is 9.40. The summed E-state index contributed by atoms with van der Waals surface area (Å²) in [7, 11) is -3.41. The monoisotopic (exact) mass is 310 g/mol. The summed E-state index contributed by atoms with van der Waals surface area (Å²) in [5.41, 5.74) is 0.829. The molecule has 0 heterocycles. The van der Waals surface area contributed by atoms with Crippen molar-refractivity contribution in [3.8, 4) is 0 Å². The maximum atomic E-state index is 12.5. The smallest absolute Gasteiger partial charge is 0.240 e. The number of benzene rings is 1. The van der Waals surface area contributed by atoms with Gasteiger partial charge in [0, 0.05) is 13.1 Å². The molecule has 1 aliphatic rings. The van der Waals surface area contributed by atoms with Crippen molar-refractivity contribution in [2.75, 3.05) is 13.1 Å². The van der Waals surface area contributed by atoms with E-state index >= 15 is 0 Å². The summed E-state index contributed by atoms with van der Waals surface area (Å²) in [6, 6.07) is 7.23. The minimum Gasteiger partial charge on any atom is -0.313 e. The van der Waals surface area contributed by atoms with Crippen LogP contribution in [-0.4, -0.2) is 21.5 Å². The highest BCUT2D eigenvalue weighted by atomic mass is 32.2. The molecule has 5 heteroatoms. The van der Waals surface area contributed by atoms with Crippen molar-refractivity contribution in [2.45, 2.75) is 50.5 Å². The Balaban J connectivity index is 2.04. The Hall–Kier alpha value is -0.910. The van der Waals surface area contributed by atoms with E-state index in [0.29, 0.717) is 23.9 Å². The van der Waals surface area contributed by atoms with Crippen LogP contribution in [-0.2, 0) is 16.6 Å². The van der Waals surface area contributed by atoms with Crippen molar-refractivity contribution in [3.63, 3.8) is 0 Å². The molecule has 2 rings (SSSR count). The molecular weight excluding hydrogens is 284 g/mol. The Bertz CT molecular complexity index is 537. The summed E-state index contributed by atoms with van der Waals surface area (Å²) >= 11 is 0. The van der Waals surface area contributed by atoms with Crippen LogP contribution in [0, 0.1) is 5.92 Å². The van der Waals surface area contributed by atoms with Crippen LogP contribution in [0.2, 0.25) is 0 Å². The summed E-state index contributed by atoms with van der Waals surface area (Å²) < 4.78 is 27.8. The quantitative estimate of drug-likeness (QED) is 0.814. The molecule has 0 amide bonds. The van der Waals surface area contributed by atoms with Gasteiger partial charge in [-0.05, 0) is 36.9 Å². The molecule has 0 bridgehead atoms. The first-order chi connectivity index (χ1) is 10.1. The van der Waals surface area contributed by atoms with Gasteiger partial charge in [-0.1, -0.05) is 44.4 Å². The maximum absolute atomic E-state index is 12.5. The first-order valence-electron chi connectivity index (χ1n) is 7.91. The standard InChI is InChI=1S/C16H26N2O2S/c1-2-17-13-15-10-6-7-11-16(15)21(19,20)18-12-14-8-4-3-5-9-14/h6-7,10-11,14,17-18H,2-5,8-9,12-13H2,1H3. The summed E-state index contributed by atoms with van der Waals surface area (Å²) in [4.78, 5) is 0.404. The summed E-state index contributed by atoms with van der Waals surface area (Å²) in [6.45, 7) is 3.98. The highest BCUT2D eigenvalue weighted by Crippen LogP contribution is 2.23. The van der Waals surface area contributed by atoms with Gasteiger partial charge in [0.1, 0.15) is 0 Å². The fraction of sp³-hybridized carbons (Fsp3) is 0.625. The third-order valence-electron chi connectivity index (χ3n) is 4.11. The van der Waals surface area contributed by atoms with E-state index in [1.165, 1.54) is 19.3 Å². The zero-order valence-electron chi connectivity index (χ0n) is 12.8. The van der Waals surface area contributed by atoms with E-state index in [2.05, 4.69) is 10.0 Å². The van der Waals surface area contributed by atoms with Crippen molar-refractivity contribution < 1.29 is 8.42 Å². The van der Waals surface area contributed by atoms with Crippen LogP contribution in [0.25, 0.3) is 0 Å². The Morgan fingerprint density at radius 1 is 1.14 bits per heavy atom. The molecule has 2 N–H and O–H groups in total. The molecule has 21 heavy (non-hydrogen) atoms. The van der Waals surface area contributed by atoms with Crippen molar-refractivity contribution in [1.82, 2.24) is 10.0 Å². The van der Waals surface area contributed by atoms with Crippen molar-refractivity contribution in [2.24, 2.45) is 5.92 Å². The topological polar surface area (TPSA) is 58.2 Å². The van der Waals surface area contributed by atoms with E-state index in [9.17, 15) is 8.42 Å². The molecular formula is C16H26N2O2S. The number of hydrogen-bond acceptors (Lipinski definition) is 3. The minimum absolute atomic E-state index is 0.404. The number of rotatable bonds is 7. The zero-order chi connectivity index (χ0) is 15.1. The lowest BCUT2D eigenvalue weighted by molar-refractivity contribution is 0.357. The zero-order valence-corrected chi connectivity index (χ0v) is 13.6. The predicted octanol–water partition coefficient (Wildman–Crippen LogP) is 2.65. The van der Waals surface area contributed by atoms with Crippen LogP contribution in [0.15, 0.2) is 29.2 Å². The van der Waals surface area contributed by atoms with Crippen molar-refractivity contribution in [1.29, 1.82) is 0 Å². The largest absolute Gasteiger partial charge is 0.313 e. The summed E-state index contributed by atoms with van der Waals surface area (Å²) in [5.74, 6) is 0.495. The minimum atomic E-state index is -3.41. The average Bonchev–Trinajstić information content (AvgIpc) is 2.52. The number of sulfonamides is 1. The lowest BCUT2D eigenvalue weighted by atomic mass is 9.90. The third-order valence-corrected chi connectivity index (χ3v) is 5.64. The van der Waals surface area contributed by atoms with Crippen LogP contribution in [0.5, 0.6) is 0 Å². The molecule has 1 aromatic rings. The maximum Gasteiger partial charge on any atom is 0.240 e. The fourth-order valence-electron chi connectivity index (χ4n) is 2.87. The second-order valence-electron chi connectivity index (χ2n) is 5.74. The SMILES string of the molecule is CCNCc1ccccc1S(=O)(=O)NCC1CCCCC1. The molecule has 0 radical (unpaired) electrons. The molecule has 1 aromatic carbocycles. The molecule has 4 nitrogen and oxygen atoms in total. The highest BCUT2D eigenvalue weighted by molar-refractivity contribution is 7.89. The predicted molar refractivity (Wildman–Crippen MR) is 85.6 cm³/mol. The van der Waals surface area contributed by atoms with Gasteiger partial charge >= 0.3 is 0 Å². The number of hydrogen-bond donors (Lipinski definition) is 2. The van der Waals surface area contributed by atoms with Crippen LogP contribution >= 0.6 is 0 Å². The molecule has 0 spiro atoms. The van der Waals surface area contributed by atoms with E-state index < -0.39 is 10.0 Å². The van der Waals surface area contributed by atoms with Gasteiger partial charge in [0.15, 0.2) is 0 Å². The third kappa shape index (κ3) is 4.80. The Morgan fingerprint density at radius 3 is 2.57 bits per heavy atom. The molecule has 0 aliphatic heterocycles. The van der Waals surface area contributed by atoms with Gasteiger partial charge in [-0.25, -0.2) is 13.1 Å². The first kappa shape index (κ1) is 16.5. The normalized spacial score (nSPS) is 17.0. The Morgan fingerprint density at radius 2 is 1.86 bits per heavy atom. The summed E-state index contributed by atoms with van der Waals surface area (Å²) in [5, 5.41) is 3.19. The van der Waals surface area contributed by atoms with Crippen LogP contribution in [0.3, 0.4) is 0 Å². The van der Waals surface area contributed by atoms with Gasteiger partial charge in [-0.15, -0.1) is 0 Å². The second-order valence-corrected chi connectivity index (χ2v) is 7.48. The van der Waals surface area contributed by atoms with Gasteiger partial charge in [-0.3, -0.25) is 0 Å². The van der Waals surface area contributed by atoms with Gasteiger partial charge in [0.25, 0.3) is 0 Å². The molecule has 118 valence electrons. The molecule has 0 atom stereocenters. The van der Waals surface area contributed by atoms with Crippen molar-refractivity contribution in [3.05, 3.63) is 29.8 Å². The summed E-state index contributed by atoms with van der Waals surface area (Å²) in [6.07, 6.45) is 6.02.